The highest BCUT2D eigenvalue weighted by molar-refractivity contribution is 6.34. The Hall–Kier alpha value is -2.19. The van der Waals surface area contributed by atoms with Crippen LogP contribution in [0.5, 0.6) is 0 Å². The summed E-state index contributed by atoms with van der Waals surface area (Å²) >= 11 is 5.99. The second kappa shape index (κ2) is 8.46. The van der Waals surface area contributed by atoms with Crippen molar-refractivity contribution in [3.8, 4) is 0 Å². The Balaban J connectivity index is 2.10. The zero-order valence-electron chi connectivity index (χ0n) is 14.7. The van der Waals surface area contributed by atoms with E-state index in [9.17, 15) is 19.7 Å². The summed E-state index contributed by atoms with van der Waals surface area (Å²) in [4.78, 5) is 35.2. The molecule has 0 bridgehead atoms. The largest absolute Gasteiger partial charge is 0.350 e. The molecule has 1 fully saturated rings. The van der Waals surface area contributed by atoms with Gasteiger partial charge in [-0.25, -0.2) is 0 Å². The average molecular weight is 383 g/mol. The fourth-order valence-electron chi connectivity index (χ4n) is 2.70. The molecule has 1 aromatic carbocycles. The van der Waals surface area contributed by atoms with Gasteiger partial charge in [0.2, 0.25) is 5.91 Å². The second-order valence-electron chi connectivity index (χ2n) is 6.80. The molecular formula is C17H23ClN4O4. The maximum atomic E-state index is 12.6. The van der Waals surface area contributed by atoms with Crippen molar-refractivity contribution in [3.63, 3.8) is 0 Å². The average Bonchev–Trinajstić information content (AvgIpc) is 3.41. The zero-order valence-corrected chi connectivity index (χ0v) is 15.5. The maximum Gasteiger partial charge on any atom is 0.270 e. The van der Waals surface area contributed by atoms with E-state index < -0.39 is 16.9 Å². The highest BCUT2D eigenvalue weighted by atomic mass is 35.5. The van der Waals surface area contributed by atoms with Gasteiger partial charge in [0.1, 0.15) is 6.04 Å². The normalized spacial score (nSPS) is 16.0. The van der Waals surface area contributed by atoms with E-state index in [1.165, 1.54) is 12.1 Å². The molecule has 0 heterocycles. The fraction of sp³-hybridized carbons (Fsp3) is 0.529. The van der Waals surface area contributed by atoms with Crippen molar-refractivity contribution in [1.29, 1.82) is 0 Å². The number of nitrogens with two attached hydrogens (primary N) is 1. The summed E-state index contributed by atoms with van der Waals surface area (Å²) in [5.41, 5.74) is 5.58. The first-order valence-corrected chi connectivity index (χ1v) is 8.87. The van der Waals surface area contributed by atoms with Crippen LogP contribution in [0.25, 0.3) is 0 Å². The minimum atomic E-state index is -0.762. The van der Waals surface area contributed by atoms with Crippen LogP contribution in [0.4, 0.5) is 5.69 Å². The number of benzene rings is 1. The van der Waals surface area contributed by atoms with E-state index in [2.05, 4.69) is 10.6 Å². The number of rotatable bonds is 8. The van der Waals surface area contributed by atoms with E-state index in [4.69, 9.17) is 17.3 Å². The van der Waals surface area contributed by atoms with Crippen molar-refractivity contribution < 1.29 is 14.5 Å². The van der Waals surface area contributed by atoms with Crippen molar-refractivity contribution >= 4 is 29.1 Å². The van der Waals surface area contributed by atoms with Crippen LogP contribution in [0.1, 0.15) is 37.0 Å². The van der Waals surface area contributed by atoms with Gasteiger partial charge >= 0.3 is 0 Å². The molecule has 0 aliphatic heterocycles. The van der Waals surface area contributed by atoms with Crippen LogP contribution in [0.15, 0.2) is 18.2 Å². The molecule has 26 heavy (non-hydrogen) atoms. The first-order chi connectivity index (χ1) is 12.2. The predicted molar refractivity (Wildman–Crippen MR) is 97.9 cm³/mol. The zero-order chi connectivity index (χ0) is 19.4. The maximum absolute atomic E-state index is 12.6. The van der Waals surface area contributed by atoms with Gasteiger partial charge in [0.05, 0.1) is 15.5 Å². The summed E-state index contributed by atoms with van der Waals surface area (Å²) in [7, 11) is 0. The summed E-state index contributed by atoms with van der Waals surface area (Å²) < 4.78 is 0. The predicted octanol–water partition coefficient (Wildman–Crippen LogP) is 1.86. The Morgan fingerprint density at radius 1 is 1.35 bits per heavy atom. The lowest BCUT2D eigenvalue weighted by Gasteiger charge is -2.25. The number of hydrogen-bond donors (Lipinski definition) is 3. The highest BCUT2D eigenvalue weighted by Crippen LogP contribution is 2.32. The first kappa shape index (κ1) is 20.1. The third-order valence-corrected chi connectivity index (χ3v) is 4.73. The van der Waals surface area contributed by atoms with Crippen molar-refractivity contribution in [2.75, 3.05) is 6.54 Å². The van der Waals surface area contributed by atoms with Gasteiger partial charge in [0, 0.05) is 24.7 Å². The lowest BCUT2D eigenvalue weighted by atomic mass is 10.0. The Bertz CT molecular complexity index is 706. The minimum Gasteiger partial charge on any atom is -0.350 e. The lowest BCUT2D eigenvalue weighted by molar-refractivity contribution is -0.384. The first-order valence-electron chi connectivity index (χ1n) is 8.49. The number of nitrogens with zero attached hydrogens (tertiary/aromatic N) is 1. The molecule has 1 saturated carbocycles. The molecule has 2 unspecified atom stereocenters. The number of nitrogens with one attached hydrogen (secondary N) is 2. The van der Waals surface area contributed by atoms with Crippen LogP contribution in [0.3, 0.4) is 0 Å². The van der Waals surface area contributed by atoms with Gasteiger partial charge < -0.3 is 16.4 Å². The number of hydrogen-bond acceptors (Lipinski definition) is 5. The summed E-state index contributed by atoms with van der Waals surface area (Å²) in [5, 5.41) is 16.3. The number of carbonyl (C=O) groups is 2. The van der Waals surface area contributed by atoms with Crippen LogP contribution in [0.2, 0.25) is 5.02 Å². The fourth-order valence-corrected chi connectivity index (χ4v) is 2.96. The topological polar surface area (TPSA) is 127 Å². The van der Waals surface area contributed by atoms with Gasteiger partial charge in [-0.05, 0) is 30.7 Å². The van der Waals surface area contributed by atoms with E-state index in [1.807, 2.05) is 13.8 Å². The molecule has 1 aliphatic carbocycles. The van der Waals surface area contributed by atoms with E-state index in [1.54, 1.807) is 0 Å². The smallest absolute Gasteiger partial charge is 0.270 e. The van der Waals surface area contributed by atoms with E-state index in [-0.39, 0.29) is 34.1 Å². The molecule has 8 nitrogen and oxygen atoms in total. The number of halogens is 1. The standard InChI is InChI=1S/C17H23ClN4O4/c1-9(2)15(17(24)20-14(8-19)10-3-4-10)21-16(23)12-6-5-11(22(25)26)7-13(12)18/h5-7,9-10,14-15H,3-4,8,19H2,1-2H3,(H,20,24)(H,21,23). The Kier molecular flexibility index (Phi) is 6.55. The third-order valence-electron chi connectivity index (χ3n) is 4.42. The Labute approximate surface area is 156 Å². The van der Waals surface area contributed by atoms with Crippen molar-refractivity contribution in [2.24, 2.45) is 17.6 Å². The van der Waals surface area contributed by atoms with Crippen molar-refractivity contribution in [2.45, 2.75) is 38.8 Å². The number of nitro benzene ring substituents is 1. The summed E-state index contributed by atoms with van der Waals surface area (Å²) in [6, 6.07) is 2.73. The molecule has 2 amide bonds. The quantitative estimate of drug-likeness (QED) is 0.467. The molecule has 0 radical (unpaired) electrons. The minimum absolute atomic E-state index is 0.0440. The number of carbonyl (C=O) groups excluding carboxylic acids is 2. The van der Waals surface area contributed by atoms with E-state index in [0.29, 0.717) is 12.5 Å². The van der Waals surface area contributed by atoms with Crippen LogP contribution >= 0.6 is 11.6 Å². The Morgan fingerprint density at radius 2 is 2.00 bits per heavy atom. The van der Waals surface area contributed by atoms with Gasteiger partial charge in [0.15, 0.2) is 0 Å². The van der Waals surface area contributed by atoms with Gasteiger partial charge in [-0.3, -0.25) is 19.7 Å². The number of non-ortho nitro benzene ring substituents is 1. The summed E-state index contributed by atoms with van der Waals surface area (Å²) in [5.74, 6) is -0.617. The molecule has 4 N–H and O–H groups in total. The van der Waals surface area contributed by atoms with Gasteiger partial charge in [-0.15, -0.1) is 0 Å². The number of amides is 2. The molecular weight excluding hydrogens is 360 g/mol. The molecule has 0 aromatic heterocycles. The highest BCUT2D eigenvalue weighted by Gasteiger charge is 2.34. The SMILES string of the molecule is CC(C)C(NC(=O)c1ccc([N+](=O)[O-])cc1Cl)C(=O)NC(CN)C1CC1. The van der Waals surface area contributed by atoms with Gasteiger partial charge in [0.25, 0.3) is 11.6 Å². The van der Waals surface area contributed by atoms with Crippen LogP contribution in [0, 0.1) is 22.0 Å². The van der Waals surface area contributed by atoms with Gasteiger partial charge in [-0.2, -0.15) is 0 Å². The van der Waals surface area contributed by atoms with Crippen LogP contribution < -0.4 is 16.4 Å². The lowest BCUT2D eigenvalue weighted by Crippen LogP contribution is -2.54. The van der Waals surface area contributed by atoms with E-state index >= 15 is 0 Å². The Morgan fingerprint density at radius 3 is 2.46 bits per heavy atom. The molecule has 2 atom stereocenters. The van der Waals surface area contributed by atoms with Crippen LogP contribution in [-0.4, -0.2) is 35.4 Å². The van der Waals surface area contributed by atoms with Gasteiger partial charge in [-0.1, -0.05) is 25.4 Å². The molecule has 9 heteroatoms. The molecule has 0 saturated heterocycles. The second-order valence-corrected chi connectivity index (χ2v) is 7.21. The van der Waals surface area contributed by atoms with Crippen molar-refractivity contribution in [1.82, 2.24) is 10.6 Å². The molecule has 142 valence electrons. The van der Waals surface area contributed by atoms with E-state index in [0.717, 1.165) is 18.9 Å². The van der Waals surface area contributed by atoms with Crippen LogP contribution in [-0.2, 0) is 4.79 Å². The van der Waals surface area contributed by atoms with Crippen molar-refractivity contribution in [3.05, 3.63) is 38.9 Å². The summed E-state index contributed by atoms with van der Waals surface area (Å²) in [6.45, 7) is 3.98. The third kappa shape index (κ3) is 4.92. The number of nitro groups is 1. The molecule has 1 aromatic rings. The summed E-state index contributed by atoms with van der Waals surface area (Å²) in [6.07, 6.45) is 2.08. The monoisotopic (exact) mass is 382 g/mol. The molecule has 1 aliphatic rings. The molecule has 0 spiro atoms. The molecule has 2 rings (SSSR count).